The van der Waals surface area contributed by atoms with Crippen LogP contribution in [0.4, 0.5) is 0 Å². The van der Waals surface area contributed by atoms with Crippen molar-refractivity contribution < 1.29 is 13.9 Å². The lowest BCUT2D eigenvalue weighted by atomic mass is 10.2. The first-order valence-electron chi connectivity index (χ1n) is 7.68. The molecule has 0 aliphatic heterocycles. The molecule has 0 saturated heterocycles. The lowest BCUT2D eigenvalue weighted by molar-refractivity contribution is 0.0751. The Morgan fingerprint density at radius 3 is 2.70 bits per heavy atom. The Kier molecular flexibility index (Phi) is 6.11. The molecule has 0 N–H and O–H groups in total. The highest BCUT2D eigenvalue weighted by Crippen LogP contribution is 2.22. The molecule has 0 aliphatic carbocycles. The first-order chi connectivity index (χ1) is 11.1. The summed E-state index contributed by atoms with van der Waals surface area (Å²) in [6.45, 7) is 4.98. The fraction of sp³-hybridized carbons (Fsp3) is 0.389. The molecule has 2 rings (SSSR count). The van der Waals surface area contributed by atoms with Crippen molar-refractivity contribution in [2.24, 2.45) is 0 Å². The van der Waals surface area contributed by atoms with Crippen LogP contribution in [-0.2, 0) is 12.4 Å². The van der Waals surface area contributed by atoms with Crippen LogP contribution in [-0.4, -0.2) is 24.5 Å². The van der Waals surface area contributed by atoms with Crippen molar-refractivity contribution in [2.75, 3.05) is 13.7 Å². The molecule has 2 aromatic rings. The van der Waals surface area contributed by atoms with E-state index < -0.39 is 0 Å². The van der Waals surface area contributed by atoms with E-state index in [9.17, 15) is 4.79 Å². The van der Waals surface area contributed by atoms with E-state index in [1.165, 1.54) is 0 Å². The van der Waals surface area contributed by atoms with Crippen LogP contribution < -0.4 is 4.74 Å². The molecule has 23 heavy (non-hydrogen) atoms. The van der Waals surface area contributed by atoms with Gasteiger partial charge in [0, 0.05) is 24.7 Å². The first-order valence-corrected chi connectivity index (χ1v) is 8.21. The number of hydrogen-bond acceptors (Lipinski definition) is 3. The summed E-state index contributed by atoms with van der Waals surface area (Å²) >= 11 is 5.83. The van der Waals surface area contributed by atoms with Gasteiger partial charge in [0.05, 0.1) is 12.5 Å². The number of halogens is 1. The molecule has 0 fully saturated rings. The van der Waals surface area contributed by atoms with E-state index in [2.05, 4.69) is 6.92 Å². The predicted molar refractivity (Wildman–Crippen MR) is 91.0 cm³/mol. The minimum atomic E-state index is -0.172. The Morgan fingerprint density at radius 1 is 1.30 bits per heavy atom. The molecule has 0 atom stereocenters. The van der Waals surface area contributed by atoms with Crippen molar-refractivity contribution in [3.8, 4) is 5.75 Å². The monoisotopic (exact) mass is 335 g/mol. The summed E-state index contributed by atoms with van der Waals surface area (Å²) in [5, 5.41) is 0. The number of benzene rings is 1. The third kappa shape index (κ3) is 4.29. The molecule has 0 saturated carbocycles. The van der Waals surface area contributed by atoms with E-state index in [-0.39, 0.29) is 5.91 Å². The van der Waals surface area contributed by atoms with Crippen molar-refractivity contribution in [1.29, 1.82) is 0 Å². The van der Waals surface area contributed by atoms with Gasteiger partial charge in [-0.15, -0.1) is 11.6 Å². The van der Waals surface area contributed by atoms with Gasteiger partial charge in [-0.25, -0.2) is 0 Å². The minimum Gasteiger partial charge on any atom is -0.493 e. The first kappa shape index (κ1) is 17.4. The molecule has 1 heterocycles. The second-order valence-electron chi connectivity index (χ2n) is 5.44. The number of amides is 1. The number of aryl methyl sites for hydroxylation is 1. The number of carbonyl (C=O) groups is 1. The van der Waals surface area contributed by atoms with Crippen LogP contribution >= 0.6 is 11.6 Å². The Bertz CT molecular complexity index is 666. The molecular weight excluding hydrogens is 314 g/mol. The second kappa shape index (κ2) is 8.06. The summed E-state index contributed by atoms with van der Waals surface area (Å²) in [4.78, 5) is 14.1. The number of rotatable bonds is 7. The van der Waals surface area contributed by atoms with E-state index in [0.29, 0.717) is 30.6 Å². The minimum absolute atomic E-state index is 0.172. The van der Waals surface area contributed by atoms with Gasteiger partial charge in [-0.2, -0.15) is 0 Å². The van der Waals surface area contributed by atoms with Gasteiger partial charge in [0.25, 0.3) is 5.91 Å². The SMILES string of the molecule is CCCOc1ccccc1CN(C)C(=O)c1cc(CCl)c(C)o1. The lowest BCUT2D eigenvalue weighted by Gasteiger charge is -2.18. The van der Waals surface area contributed by atoms with Crippen molar-refractivity contribution in [3.05, 3.63) is 53.0 Å². The Morgan fingerprint density at radius 2 is 2.04 bits per heavy atom. The molecule has 1 aromatic heterocycles. The van der Waals surface area contributed by atoms with E-state index in [4.69, 9.17) is 20.8 Å². The molecule has 4 nitrogen and oxygen atoms in total. The number of ether oxygens (including phenoxy) is 1. The van der Waals surface area contributed by atoms with Crippen LogP contribution in [0.1, 0.15) is 40.8 Å². The van der Waals surface area contributed by atoms with Crippen LogP contribution in [0.15, 0.2) is 34.7 Å². The van der Waals surface area contributed by atoms with E-state index in [1.807, 2.05) is 31.2 Å². The zero-order valence-electron chi connectivity index (χ0n) is 13.8. The maximum absolute atomic E-state index is 12.5. The number of hydrogen-bond donors (Lipinski definition) is 0. The van der Waals surface area contributed by atoms with Crippen molar-refractivity contribution >= 4 is 17.5 Å². The number of carbonyl (C=O) groups excluding carboxylic acids is 1. The molecule has 124 valence electrons. The zero-order valence-corrected chi connectivity index (χ0v) is 14.5. The van der Waals surface area contributed by atoms with Gasteiger partial charge in [-0.05, 0) is 25.5 Å². The summed E-state index contributed by atoms with van der Waals surface area (Å²) in [6.07, 6.45) is 0.940. The third-order valence-corrected chi connectivity index (χ3v) is 3.85. The smallest absolute Gasteiger partial charge is 0.289 e. The fourth-order valence-corrected chi connectivity index (χ4v) is 2.53. The van der Waals surface area contributed by atoms with Gasteiger partial charge in [-0.1, -0.05) is 25.1 Å². The average Bonchev–Trinajstić information content (AvgIpc) is 2.94. The molecule has 5 heteroatoms. The molecule has 0 radical (unpaired) electrons. The van der Waals surface area contributed by atoms with Crippen LogP contribution in [0.2, 0.25) is 0 Å². The van der Waals surface area contributed by atoms with Crippen LogP contribution in [0, 0.1) is 6.92 Å². The predicted octanol–water partition coefficient (Wildman–Crippen LogP) is 4.39. The highest BCUT2D eigenvalue weighted by atomic mass is 35.5. The third-order valence-electron chi connectivity index (χ3n) is 3.56. The largest absolute Gasteiger partial charge is 0.493 e. The van der Waals surface area contributed by atoms with Crippen molar-refractivity contribution in [2.45, 2.75) is 32.7 Å². The molecule has 0 aliphatic rings. The van der Waals surface area contributed by atoms with E-state index in [0.717, 1.165) is 23.3 Å². The number of alkyl halides is 1. The van der Waals surface area contributed by atoms with Gasteiger partial charge in [0.2, 0.25) is 0 Å². The van der Waals surface area contributed by atoms with Crippen molar-refractivity contribution in [3.63, 3.8) is 0 Å². The second-order valence-corrected chi connectivity index (χ2v) is 5.71. The van der Waals surface area contributed by atoms with Gasteiger partial charge in [0.15, 0.2) is 5.76 Å². The average molecular weight is 336 g/mol. The highest BCUT2D eigenvalue weighted by Gasteiger charge is 2.19. The van der Waals surface area contributed by atoms with Crippen LogP contribution in [0.5, 0.6) is 5.75 Å². The summed E-state index contributed by atoms with van der Waals surface area (Å²) in [5.74, 6) is 1.97. The summed E-state index contributed by atoms with van der Waals surface area (Å²) < 4.78 is 11.2. The van der Waals surface area contributed by atoms with Gasteiger partial charge >= 0.3 is 0 Å². The summed E-state index contributed by atoms with van der Waals surface area (Å²) in [6, 6.07) is 9.47. The lowest BCUT2D eigenvalue weighted by Crippen LogP contribution is -2.26. The molecule has 1 amide bonds. The van der Waals surface area contributed by atoms with Gasteiger partial charge in [-0.3, -0.25) is 4.79 Å². The fourth-order valence-electron chi connectivity index (χ4n) is 2.26. The standard InChI is InChI=1S/C18H22ClNO3/c1-4-9-22-16-8-6-5-7-14(16)12-20(3)18(21)17-10-15(11-19)13(2)23-17/h5-8,10H,4,9,11-12H2,1-3H3. The number of para-hydroxylation sites is 1. The van der Waals surface area contributed by atoms with Crippen LogP contribution in [0.25, 0.3) is 0 Å². The maximum atomic E-state index is 12.5. The Balaban J connectivity index is 2.11. The summed E-state index contributed by atoms with van der Waals surface area (Å²) in [7, 11) is 1.75. The van der Waals surface area contributed by atoms with Gasteiger partial charge in [0.1, 0.15) is 11.5 Å². The van der Waals surface area contributed by atoms with Crippen molar-refractivity contribution in [1.82, 2.24) is 4.90 Å². The zero-order chi connectivity index (χ0) is 16.8. The molecule has 1 aromatic carbocycles. The Labute approximate surface area is 142 Å². The topological polar surface area (TPSA) is 42.7 Å². The van der Waals surface area contributed by atoms with E-state index in [1.54, 1.807) is 18.0 Å². The molecule has 0 bridgehead atoms. The quantitative estimate of drug-likeness (QED) is 0.705. The van der Waals surface area contributed by atoms with E-state index >= 15 is 0 Å². The number of nitrogens with zero attached hydrogens (tertiary/aromatic N) is 1. The molecular formula is C18H22ClNO3. The normalized spacial score (nSPS) is 10.6. The maximum Gasteiger partial charge on any atom is 0.289 e. The van der Waals surface area contributed by atoms with Gasteiger partial charge < -0.3 is 14.1 Å². The Hall–Kier alpha value is -1.94. The highest BCUT2D eigenvalue weighted by molar-refractivity contribution is 6.17. The molecule has 0 spiro atoms. The van der Waals surface area contributed by atoms with Crippen LogP contribution in [0.3, 0.4) is 0 Å². The summed E-state index contributed by atoms with van der Waals surface area (Å²) in [5.41, 5.74) is 1.81. The molecule has 0 unspecified atom stereocenters. The number of furan rings is 1.